The molecule has 3 rings (SSSR count). The van der Waals surface area contributed by atoms with Gasteiger partial charge >= 0.3 is 0 Å². The minimum absolute atomic E-state index is 0.0296. The number of benzene rings is 2. The quantitative estimate of drug-likeness (QED) is 0.426. The molecule has 0 unspecified atom stereocenters. The van der Waals surface area contributed by atoms with Crippen molar-refractivity contribution in [3.8, 4) is 5.69 Å². The summed E-state index contributed by atoms with van der Waals surface area (Å²) in [6.45, 7) is 4.15. The average Bonchev–Trinajstić information content (AvgIpc) is 2.94. The molecule has 1 aromatic heterocycles. The van der Waals surface area contributed by atoms with Crippen molar-refractivity contribution in [3.05, 3.63) is 87.7 Å². The summed E-state index contributed by atoms with van der Waals surface area (Å²) in [5, 5.41) is 14.9. The minimum atomic E-state index is -0.432. The van der Waals surface area contributed by atoms with Gasteiger partial charge in [-0.2, -0.15) is 5.10 Å². The summed E-state index contributed by atoms with van der Waals surface area (Å²) in [5.41, 5.74) is 7.82. The third kappa shape index (κ3) is 3.74. The van der Waals surface area contributed by atoms with Crippen LogP contribution in [0.2, 0.25) is 0 Å². The van der Waals surface area contributed by atoms with Crippen molar-refractivity contribution in [1.82, 2.24) is 4.57 Å². The van der Waals surface area contributed by atoms with Gasteiger partial charge in [-0.25, -0.2) is 0 Å². The summed E-state index contributed by atoms with van der Waals surface area (Å²) in [4.78, 5) is 10.3. The molecule has 0 atom stereocenters. The number of rotatable bonds is 5. The Morgan fingerprint density at radius 3 is 2.36 bits per heavy atom. The zero-order chi connectivity index (χ0) is 17.8. The van der Waals surface area contributed by atoms with Gasteiger partial charge in [-0.1, -0.05) is 18.2 Å². The monoisotopic (exact) mass is 334 g/mol. The van der Waals surface area contributed by atoms with E-state index in [1.165, 1.54) is 23.5 Å². The number of nitro groups is 1. The number of aromatic nitrogens is 1. The molecule has 0 aliphatic carbocycles. The Balaban J connectivity index is 1.70. The Hall–Kier alpha value is -3.41. The number of aryl methyl sites for hydroxylation is 2. The molecular formula is C19H18N4O2. The maximum Gasteiger partial charge on any atom is 0.271 e. The molecule has 0 bridgehead atoms. The SMILES string of the molecule is Cc1ccc(C)n1-c1ccc(/C=N/Nc2cccc([N+](=O)[O-])c2)cc1. The second-order valence-electron chi connectivity index (χ2n) is 5.72. The predicted molar refractivity (Wildman–Crippen MR) is 99.6 cm³/mol. The molecule has 6 nitrogen and oxygen atoms in total. The molecule has 0 amide bonds. The van der Waals surface area contributed by atoms with Gasteiger partial charge in [-0.3, -0.25) is 15.5 Å². The molecule has 0 aliphatic heterocycles. The topological polar surface area (TPSA) is 72.5 Å². The zero-order valence-corrected chi connectivity index (χ0v) is 14.0. The van der Waals surface area contributed by atoms with E-state index in [0.29, 0.717) is 5.69 Å². The van der Waals surface area contributed by atoms with Crippen LogP contribution in [0, 0.1) is 24.0 Å². The van der Waals surface area contributed by atoms with Gasteiger partial charge in [-0.15, -0.1) is 0 Å². The first kappa shape index (κ1) is 16.4. The average molecular weight is 334 g/mol. The van der Waals surface area contributed by atoms with Gasteiger partial charge in [0, 0.05) is 29.2 Å². The molecule has 25 heavy (non-hydrogen) atoms. The van der Waals surface area contributed by atoms with Crippen molar-refractivity contribution in [2.45, 2.75) is 13.8 Å². The van der Waals surface area contributed by atoms with Crippen LogP contribution in [0.4, 0.5) is 11.4 Å². The van der Waals surface area contributed by atoms with E-state index in [9.17, 15) is 10.1 Å². The number of anilines is 1. The highest BCUT2D eigenvalue weighted by Crippen LogP contribution is 2.18. The number of hydrogen-bond acceptors (Lipinski definition) is 4. The van der Waals surface area contributed by atoms with Crippen molar-refractivity contribution < 1.29 is 4.92 Å². The van der Waals surface area contributed by atoms with E-state index in [1.54, 1.807) is 18.3 Å². The first-order valence-electron chi connectivity index (χ1n) is 7.83. The number of nitrogens with one attached hydrogen (secondary N) is 1. The lowest BCUT2D eigenvalue weighted by Crippen LogP contribution is -1.98. The van der Waals surface area contributed by atoms with Crippen molar-refractivity contribution in [1.29, 1.82) is 0 Å². The molecule has 6 heteroatoms. The molecule has 1 heterocycles. The lowest BCUT2D eigenvalue weighted by Gasteiger charge is -2.09. The number of hydrogen-bond donors (Lipinski definition) is 1. The van der Waals surface area contributed by atoms with Crippen LogP contribution in [0.5, 0.6) is 0 Å². The van der Waals surface area contributed by atoms with Gasteiger partial charge in [0.1, 0.15) is 0 Å². The van der Waals surface area contributed by atoms with Crippen molar-refractivity contribution in [3.63, 3.8) is 0 Å². The Morgan fingerprint density at radius 1 is 1.04 bits per heavy atom. The third-order valence-corrected chi connectivity index (χ3v) is 3.89. The molecule has 0 fully saturated rings. The van der Waals surface area contributed by atoms with Crippen LogP contribution in [0.3, 0.4) is 0 Å². The van der Waals surface area contributed by atoms with Crippen LogP contribution in [0.25, 0.3) is 5.69 Å². The van der Waals surface area contributed by atoms with E-state index < -0.39 is 4.92 Å². The molecule has 3 aromatic rings. The molecular weight excluding hydrogens is 316 g/mol. The molecule has 0 spiro atoms. The summed E-state index contributed by atoms with van der Waals surface area (Å²) in [6.07, 6.45) is 1.68. The van der Waals surface area contributed by atoms with Crippen LogP contribution in [0.1, 0.15) is 17.0 Å². The van der Waals surface area contributed by atoms with E-state index in [2.05, 4.69) is 41.1 Å². The molecule has 126 valence electrons. The largest absolute Gasteiger partial charge is 0.319 e. The van der Waals surface area contributed by atoms with Gasteiger partial charge in [0.25, 0.3) is 5.69 Å². The fourth-order valence-electron chi connectivity index (χ4n) is 2.66. The smallest absolute Gasteiger partial charge is 0.271 e. The van der Waals surface area contributed by atoms with E-state index >= 15 is 0 Å². The Bertz CT molecular complexity index is 907. The summed E-state index contributed by atoms with van der Waals surface area (Å²) in [5.74, 6) is 0. The highest BCUT2D eigenvalue weighted by atomic mass is 16.6. The first-order chi connectivity index (χ1) is 12.0. The maximum atomic E-state index is 10.8. The van der Waals surface area contributed by atoms with E-state index in [0.717, 1.165) is 11.3 Å². The summed E-state index contributed by atoms with van der Waals surface area (Å²) in [7, 11) is 0. The highest BCUT2D eigenvalue weighted by Gasteiger charge is 2.05. The zero-order valence-electron chi connectivity index (χ0n) is 14.0. The van der Waals surface area contributed by atoms with Crippen LogP contribution in [-0.4, -0.2) is 15.7 Å². The fourth-order valence-corrected chi connectivity index (χ4v) is 2.66. The van der Waals surface area contributed by atoms with Gasteiger partial charge in [-0.05, 0) is 49.7 Å². The first-order valence-corrected chi connectivity index (χ1v) is 7.83. The molecule has 0 aliphatic rings. The standard InChI is InChI=1S/C19H18N4O2/c1-14-6-7-15(2)22(14)18-10-8-16(9-11-18)13-20-21-17-4-3-5-19(12-17)23(24)25/h3-13,21H,1-2H3/b20-13+. The summed E-state index contributed by atoms with van der Waals surface area (Å²) >= 11 is 0. The molecule has 0 radical (unpaired) electrons. The van der Waals surface area contributed by atoms with E-state index in [1.807, 2.05) is 24.3 Å². The highest BCUT2D eigenvalue weighted by molar-refractivity contribution is 5.80. The van der Waals surface area contributed by atoms with Crippen molar-refractivity contribution in [2.75, 3.05) is 5.43 Å². The number of nitrogens with zero attached hydrogens (tertiary/aromatic N) is 3. The van der Waals surface area contributed by atoms with Crippen LogP contribution in [0.15, 0.2) is 65.8 Å². The van der Waals surface area contributed by atoms with Gasteiger partial charge in [0.15, 0.2) is 0 Å². The van der Waals surface area contributed by atoms with Crippen molar-refractivity contribution >= 4 is 17.6 Å². The van der Waals surface area contributed by atoms with Gasteiger partial charge in [0.05, 0.1) is 16.8 Å². The molecule has 0 saturated heterocycles. The second kappa shape index (κ2) is 7.00. The Kier molecular flexibility index (Phi) is 4.61. The van der Waals surface area contributed by atoms with Crippen LogP contribution >= 0.6 is 0 Å². The number of nitro benzene ring substituents is 1. The molecule has 1 N–H and O–H groups in total. The van der Waals surface area contributed by atoms with Crippen LogP contribution in [-0.2, 0) is 0 Å². The van der Waals surface area contributed by atoms with Crippen LogP contribution < -0.4 is 5.43 Å². The van der Waals surface area contributed by atoms with Gasteiger partial charge in [0.2, 0.25) is 0 Å². The summed E-state index contributed by atoms with van der Waals surface area (Å²) in [6, 6.07) is 18.4. The Morgan fingerprint density at radius 2 is 1.72 bits per heavy atom. The lowest BCUT2D eigenvalue weighted by atomic mass is 10.2. The Labute approximate surface area is 145 Å². The van der Waals surface area contributed by atoms with E-state index in [-0.39, 0.29) is 5.69 Å². The third-order valence-electron chi connectivity index (χ3n) is 3.89. The molecule has 0 saturated carbocycles. The van der Waals surface area contributed by atoms with Gasteiger partial charge < -0.3 is 4.57 Å². The lowest BCUT2D eigenvalue weighted by molar-refractivity contribution is -0.384. The van der Waals surface area contributed by atoms with Crippen molar-refractivity contribution in [2.24, 2.45) is 5.10 Å². The fraction of sp³-hybridized carbons (Fsp3) is 0.105. The number of hydrazone groups is 1. The maximum absolute atomic E-state index is 10.8. The second-order valence-corrected chi connectivity index (χ2v) is 5.72. The normalized spacial score (nSPS) is 11.0. The van der Waals surface area contributed by atoms with E-state index in [4.69, 9.17) is 0 Å². The predicted octanol–water partition coefficient (Wildman–Crippen LogP) is 4.45. The summed E-state index contributed by atoms with van der Waals surface area (Å²) < 4.78 is 2.18. The number of non-ortho nitro benzene ring substituents is 1. The molecule has 2 aromatic carbocycles. The minimum Gasteiger partial charge on any atom is -0.319 e.